The molecule has 5 heteroatoms. The van der Waals surface area contributed by atoms with E-state index in [1.807, 2.05) is 30.3 Å². The zero-order valence-electron chi connectivity index (χ0n) is 10.7. The molecule has 2 rings (SSSR count). The molecule has 100 valence electrons. The minimum Gasteiger partial charge on any atom is -0.497 e. The molecule has 0 aliphatic heterocycles. The van der Waals surface area contributed by atoms with Crippen LogP contribution in [0.5, 0.6) is 5.75 Å². The average molecular weight is 260 g/mol. The van der Waals surface area contributed by atoms with E-state index in [9.17, 15) is 4.79 Å². The van der Waals surface area contributed by atoms with Crippen molar-refractivity contribution >= 4 is 16.9 Å². The predicted molar refractivity (Wildman–Crippen MR) is 72.3 cm³/mol. The van der Waals surface area contributed by atoms with Crippen molar-refractivity contribution in [1.82, 2.24) is 4.98 Å². The van der Waals surface area contributed by atoms with Gasteiger partial charge in [-0.25, -0.2) is 0 Å². The van der Waals surface area contributed by atoms with Crippen molar-refractivity contribution in [1.29, 1.82) is 0 Å². The summed E-state index contributed by atoms with van der Waals surface area (Å²) in [6.07, 6.45) is -0.00877. The van der Waals surface area contributed by atoms with Gasteiger partial charge in [0, 0.05) is 23.5 Å². The summed E-state index contributed by atoms with van der Waals surface area (Å²) >= 11 is 0. The highest BCUT2D eigenvalue weighted by molar-refractivity contribution is 5.80. The number of ether oxygens (including phenoxy) is 1. The Bertz CT molecular complexity index is 598. The van der Waals surface area contributed by atoms with Crippen LogP contribution in [0.4, 0.5) is 0 Å². The summed E-state index contributed by atoms with van der Waals surface area (Å²) in [6, 6.07) is 9.30. The molecule has 1 unspecified atom stereocenters. The molecule has 0 radical (unpaired) electrons. The number of benzene rings is 1. The molecule has 0 saturated carbocycles. The van der Waals surface area contributed by atoms with Gasteiger partial charge in [-0.05, 0) is 24.3 Å². The minimum atomic E-state index is -0.868. The van der Waals surface area contributed by atoms with Crippen LogP contribution in [0, 0.1) is 0 Å². The number of carboxylic acids is 1. The third-order valence-electron chi connectivity index (χ3n) is 3.04. The smallest absolute Gasteiger partial charge is 0.304 e. The molecule has 3 N–H and O–H groups in total. The number of carbonyl (C=O) groups is 1. The average Bonchev–Trinajstić information content (AvgIpc) is 2.43. The second-order valence-electron chi connectivity index (χ2n) is 4.33. The molecule has 0 fully saturated rings. The summed E-state index contributed by atoms with van der Waals surface area (Å²) in [5, 5.41) is 9.81. The van der Waals surface area contributed by atoms with Gasteiger partial charge in [-0.1, -0.05) is 6.07 Å². The van der Waals surface area contributed by atoms with Gasteiger partial charge in [0.15, 0.2) is 0 Å². The molecule has 0 aliphatic carbocycles. The van der Waals surface area contributed by atoms with Gasteiger partial charge >= 0.3 is 5.97 Å². The Labute approximate surface area is 111 Å². The molecule has 1 aromatic heterocycles. The maximum atomic E-state index is 10.8. The number of carboxylic acid groups (broad SMARTS) is 1. The molecule has 1 aromatic carbocycles. The number of pyridine rings is 1. The summed E-state index contributed by atoms with van der Waals surface area (Å²) in [7, 11) is 1.61. The number of rotatable bonds is 5. The van der Waals surface area contributed by atoms with Crippen LogP contribution in [0.1, 0.15) is 18.0 Å². The van der Waals surface area contributed by atoms with Crippen LogP contribution in [0.15, 0.2) is 30.3 Å². The molecular weight excluding hydrogens is 244 g/mol. The van der Waals surface area contributed by atoms with E-state index in [4.69, 9.17) is 15.6 Å². The number of nitrogens with two attached hydrogens (primary N) is 1. The first-order valence-electron chi connectivity index (χ1n) is 6.00. The maximum absolute atomic E-state index is 10.8. The molecule has 0 saturated heterocycles. The van der Waals surface area contributed by atoms with Crippen LogP contribution < -0.4 is 10.5 Å². The molecule has 2 aromatic rings. The molecule has 5 nitrogen and oxygen atoms in total. The van der Waals surface area contributed by atoms with E-state index in [1.54, 1.807) is 7.11 Å². The number of methoxy groups -OCH3 is 1. The maximum Gasteiger partial charge on any atom is 0.304 e. The molecule has 0 spiro atoms. The van der Waals surface area contributed by atoms with Gasteiger partial charge < -0.3 is 15.6 Å². The van der Waals surface area contributed by atoms with E-state index in [0.717, 1.165) is 16.7 Å². The first-order chi connectivity index (χ1) is 9.13. The van der Waals surface area contributed by atoms with E-state index in [2.05, 4.69) is 4.98 Å². The lowest BCUT2D eigenvalue weighted by atomic mass is 10.00. The van der Waals surface area contributed by atoms with Gasteiger partial charge in [0.05, 0.1) is 19.0 Å². The van der Waals surface area contributed by atoms with Gasteiger partial charge in [-0.2, -0.15) is 0 Å². The van der Waals surface area contributed by atoms with E-state index < -0.39 is 5.97 Å². The van der Waals surface area contributed by atoms with Crippen LogP contribution in [0.2, 0.25) is 0 Å². The first kappa shape index (κ1) is 13.3. The summed E-state index contributed by atoms with van der Waals surface area (Å²) in [5.41, 5.74) is 7.14. The van der Waals surface area contributed by atoms with E-state index >= 15 is 0 Å². The number of fused-ring (bicyclic) bond motifs is 1. The highest BCUT2D eigenvalue weighted by atomic mass is 16.5. The number of aromatic nitrogens is 1. The minimum absolute atomic E-state index is 0.00877. The topological polar surface area (TPSA) is 85.4 Å². The SMILES string of the molecule is COc1ccc2nc(C(CN)CC(=O)O)ccc2c1. The predicted octanol–water partition coefficient (Wildman–Crippen LogP) is 1.76. The van der Waals surface area contributed by atoms with Crippen LogP contribution in [0.3, 0.4) is 0 Å². The fraction of sp³-hybridized carbons (Fsp3) is 0.286. The standard InChI is InChI=1S/C14H16N2O3/c1-19-11-3-5-12-9(6-11)2-4-13(16-12)10(8-15)7-14(17)18/h2-6,10H,7-8,15H2,1H3,(H,17,18). The number of aliphatic carboxylic acids is 1. The van der Waals surface area contributed by atoms with Gasteiger partial charge in [0.1, 0.15) is 5.75 Å². The summed E-state index contributed by atoms with van der Waals surface area (Å²) in [4.78, 5) is 15.3. The van der Waals surface area contributed by atoms with E-state index in [0.29, 0.717) is 5.69 Å². The monoisotopic (exact) mass is 260 g/mol. The molecule has 0 aliphatic rings. The lowest BCUT2D eigenvalue weighted by Gasteiger charge is -2.12. The van der Waals surface area contributed by atoms with E-state index in [1.165, 1.54) is 0 Å². The Morgan fingerprint density at radius 3 is 2.84 bits per heavy atom. The van der Waals surface area contributed by atoms with Crippen molar-refractivity contribution in [3.05, 3.63) is 36.0 Å². The van der Waals surface area contributed by atoms with Gasteiger partial charge in [-0.3, -0.25) is 9.78 Å². The van der Waals surface area contributed by atoms with Crippen molar-refractivity contribution in [2.24, 2.45) is 5.73 Å². The van der Waals surface area contributed by atoms with Crippen molar-refractivity contribution in [2.45, 2.75) is 12.3 Å². The molecule has 1 heterocycles. The Kier molecular flexibility index (Phi) is 3.97. The van der Waals surface area contributed by atoms with Crippen molar-refractivity contribution in [3.63, 3.8) is 0 Å². The lowest BCUT2D eigenvalue weighted by molar-refractivity contribution is -0.137. The largest absolute Gasteiger partial charge is 0.497 e. The summed E-state index contributed by atoms with van der Waals surface area (Å²) < 4.78 is 5.15. The lowest BCUT2D eigenvalue weighted by Crippen LogP contribution is -2.17. The first-order valence-corrected chi connectivity index (χ1v) is 6.00. The second kappa shape index (κ2) is 5.67. The third kappa shape index (κ3) is 3.00. The Morgan fingerprint density at radius 2 is 2.21 bits per heavy atom. The fourth-order valence-electron chi connectivity index (χ4n) is 1.99. The van der Waals surface area contributed by atoms with Gasteiger partial charge in [0.2, 0.25) is 0 Å². The van der Waals surface area contributed by atoms with Gasteiger partial charge in [0.25, 0.3) is 0 Å². The molecule has 0 amide bonds. The highest BCUT2D eigenvalue weighted by Crippen LogP contribution is 2.23. The highest BCUT2D eigenvalue weighted by Gasteiger charge is 2.15. The van der Waals surface area contributed by atoms with E-state index in [-0.39, 0.29) is 18.9 Å². The molecule has 0 bridgehead atoms. The van der Waals surface area contributed by atoms with Crippen molar-refractivity contribution in [2.75, 3.05) is 13.7 Å². The fourth-order valence-corrected chi connectivity index (χ4v) is 1.99. The van der Waals surface area contributed by atoms with Crippen molar-refractivity contribution in [3.8, 4) is 5.75 Å². The van der Waals surface area contributed by atoms with Crippen molar-refractivity contribution < 1.29 is 14.6 Å². The number of hydrogen-bond donors (Lipinski definition) is 2. The molecule has 19 heavy (non-hydrogen) atoms. The Hall–Kier alpha value is -2.14. The zero-order valence-corrected chi connectivity index (χ0v) is 10.7. The molecular formula is C14H16N2O3. The Balaban J connectivity index is 2.37. The quantitative estimate of drug-likeness (QED) is 0.855. The van der Waals surface area contributed by atoms with Gasteiger partial charge in [-0.15, -0.1) is 0 Å². The number of nitrogens with zero attached hydrogens (tertiary/aromatic N) is 1. The van der Waals surface area contributed by atoms with Crippen LogP contribution in [-0.4, -0.2) is 29.7 Å². The van der Waals surface area contributed by atoms with Crippen LogP contribution in [-0.2, 0) is 4.79 Å². The zero-order chi connectivity index (χ0) is 13.8. The summed E-state index contributed by atoms with van der Waals surface area (Å²) in [5.74, 6) is -0.362. The number of hydrogen-bond acceptors (Lipinski definition) is 4. The molecule has 1 atom stereocenters. The second-order valence-corrected chi connectivity index (χ2v) is 4.33. The summed E-state index contributed by atoms with van der Waals surface area (Å²) in [6.45, 7) is 0.265. The third-order valence-corrected chi connectivity index (χ3v) is 3.04. The van der Waals surface area contributed by atoms with Crippen LogP contribution in [0.25, 0.3) is 10.9 Å². The van der Waals surface area contributed by atoms with Crippen LogP contribution >= 0.6 is 0 Å². The Morgan fingerprint density at radius 1 is 1.42 bits per heavy atom. The normalized spacial score (nSPS) is 12.3.